The van der Waals surface area contributed by atoms with Crippen molar-refractivity contribution >= 4 is 21.8 Å². The highest BCUT2D eigenvalue weighted by molar-refractivity contribution is 9.10. The SMILES string of the molecule is Cc1ccc(C(=O)N2CCc3nc(COc4ccc(Br)cc4)oc3C2)cc1. The van der Waals surface area contributed by atoms with Gasteiger partial charge in [0.25, 0.3) is 5.91 Å². The number of carbonyl (C=O) groups excluding carboxylic acids is 1. The highest BCUT2D eigenvalue weighted by atomic mass is 79.9. The topological polar surface area (TPSA) is 55.6 Å². The van der Waals surface area contributed by atoms with Crippen LogP contribution in [0.5, 0.6) is 5.75 Å². The van der Waals surface area contributed by atoms with Crippen molar-refractivity contribution in [3.05, 3.63) is 81.5 Å². The van der Waals surface area contributed by atoms with Crippen molar-refractivity contribution < 1.29 is 13.9 Å². The lowest BCUT2D eigenvalue weighted by Crippen LogP contribution is -2.35. The van der Waals surface area contributed by atoms with E-state index in [2.05, 4.69) is 20.9 Å². The molecule has 0 atom stereocenters. The summed E-state index contributed by atoms with van der Waals surface area (Å²) in [5.41, 5.74) is 2.75. The molecule has 0 bridgehead atoms. The second-order valence-corrected chi connectivity index (χ2v) is 7.48. The second-order valence-electron chi connectivity index (χ2n) is 6.56. The Hall–Kier alpha value is -2.60. The molecular weight excluding hydrogens is 408 g/mol. The number of carbonyl (C=O) groups is 1. The smallest absolute Gasteiger partial charge is 0.254 e. The molecular formula is C21H19BrN2O3. The van der Waals surface area contributed by atoms with E-state index in [4.69, 9.17) is 9.15 Å². The molecule has 0 unspecified atom stereocenters. The molecule has 27 heavy (non-hydrogen) atoms. The maximum Gasteiger partial charge on any atom is 0.254 e. The Kier molecular flexibility index (Phi) is 4.99. The van der Waals surface area contributed by atoms with Crippen LogP contribution in [0, 0.1) is 6.92 Å². The van der Waals surface area contributed by atoms with Crippen LogP contribution in [-0.4, -0.2) is 22.3 Å². The van der Waals surface area contributed by atoms with Gasteiger partial charge in [0.2, 0.25) is 5.89 Å². The Balaban J connectivity index is 1.42. The third-order valence-electron chi connectivity index (χ3n) is 4.54. The molecule has 0 aliphatic carbocycles. The van der Waals surface area contributed by atoms with E-state index in [0.29, 0.717) is 31.0 Å². The van der Waals surface area contributed by atoms with E-state index in [1.54, 1.807) is 4.90 Å². The lowest BCUT2D eigenvalue weighted by Gasteiger charge is -2.25. The van der Waals surface area contributed by atoms with E-state index < -0.39 is 0 Å². The summed E-state index contributed by atoms with van der Waals surface area (Å²) in [7, 11) is 0. The van der Waals surface area contributed by atoms with E-state index >= 15 is 0 Å². The minimum Gasteiger partial charge on any atom is -0.484 e. The molecule has 4 rings (SSSR count). The number of halogens is 1. The van der Waals surface area contributed by atoms with Crippen LogP contribution in [0.2, 0.25) is 0 Å². The van der Waals surface area contributed by atoms with E-state index in [-0.39, 0.29) is 12.5 Å². The monoisotopic (exact) mass is 426 g/mol. The van der Waals surface area contributed by atoms with Crippen LogP contribution in [0.4, 0.5) is 0 Å². The number of nitrogens with zero attached hydrogens (tertiary/aromatic N) is 2. The number of rotatable bonds is 4. The van der Waals surface area contributed by atoms with Crippen LogP contribution >= 0.6 is 15.9 Å². The van der Waals surface area contributed by atoms with Crippen molar-refractivity contribution in [3.8, 4) is 5.75 Å². The molecule has 0 saturated carbocycles. The molecule has 1 aliphatic rings. The van der Waals surface area contributed by atoms with Gasteiger partial charge in [-0.05, 0) is 43.3 Å². The highest BCUT2D eigenvalue weighted by Gasteiger charge is 2.26. The van der Waals surface area contributed by atoms with Gasteiger partial charge in [-0.1, -0.05) is 33.6 Å². The predicted molar refractivity (Wildman–Crippen MR) is 105 cm³/mol. The minimum atomic E-state index is 0.0183. The summed E-state index contributed by atoms with van der Waals surface area (Å²) in [6.07, 6.45) is 0.689. The molecule has 2 heterocycles. The maximum atomic E-state index is 12.7. The third kappa shape index (κ3) is 4.06. The fraction of sp³-hybridized carbons (Fsp3) is 0.238. The number of amides is 1. The average molecular weight is 427 g/mol. The van der Waals surface area contributed by atoms with Gasteiger partial charge in [0.05, 0.1) is 12.2 Å². The first-order valence-electron chi connectivity index (χ1n) is 8.80. The van der Waals surface area contributed by atoms with Gasteiger partial charge in [0.1, 0.15) is 11.5 Å². The van der Waals surface area contributed by atoms with E-state index in [1.165, 1.54) is 0 Å². The molecule has 0 radical (unpaired) electrons. The van der Waals surface area contributed by atoms with Crippen LogP contribution in [0.25, 0.3) is 0 Å². The number of hydrogen-bond donors (Lipinski definition) is 0. The minimum absolute atomic E-state index is 0.0183. The van der Waals surface area contributed by atoms with Gasteiger partial charge in [-0.2, -0.15) is 0 Å². The molecule has 3 aromatic rings. The average Bonchev–Trinajstić information content (AvgIpc) is 3.09. The summed E-state index contributed by atoms with van der Waals surface area (Å²) in [5, 5.41) is 0. The number of hydrogen-bond acceptors (Lipinski definition) is 4. The van der Waals surface area contributed by atoms with Crippen molar-refractivity contribution in [2.24, 2.45) is 0 Å². The third-order valence-corrected chi connectivity index (χ3v) is 5.07. The Morgan fingerprint density at radius 2 is 1.93 bits per heavy atom. The summed E-state index contributed by atoms with van der Waals surface area (Å²) in [5.74, 6) is 2.05. The summed E-state index contributed by atoms with van der Waals surface area (Å²) >= 11 is 3.40. The zero-order valence-electron chi connectivity index (χ0n) is 14.9. The molecule has 0 saturated heterocycles. The number of aromatic nitrogens is 1. The predicted octanol–water partition coefficient (Wildman–Crippen LogP) is 4.52. The van der Waals surface area contributed by atoms with Crippen LogP contribution in [-0.2, 0) is 19.6 Å². The summed E-state index contributed by atoms with van der Waals surface area (Å²) in [6.45, 7) is 3.35. The van der Waals surface area contributed by atoms with Crippen molar-refractivity contribution in [2.45, 2.75) is 26.5 Å². The molecule has 6 heteroatoms. The van der Waals surface area contributed by atoms with Gasteiger partial charge in [0.15, 0.2) is 6.61 Å². The Morgan fingerprint density at radius 3 is 2.67 bits per heavy atom. The van der Waals surface area contributed by atoms with Gasteiger partial charge in [-0.15, -0.1) is 0 Å². The molecule has 138 valence electrons. The van der Waals surface area contributed by atoms with Crippen molar-refractivity contribution in [2.75, 3.05) is 6.54 Å². The van der Waals surface area contributed by atoms with Crippen LogP contribution in [0.15, 0.2) is 57.4 Å². The Labute approximate surface area is 166 Å². The van der Waals surface area contributed by atoms with Crippen molar-refractivity contribution in [3.63, 3.8) is 0 Å². The molecule has 0 spiro atoms. The fourth-order valence-electron chi connectivity index (χ4n) is 3.04. The van der Waals surface area contributed by atoms with Crippen LogP contribution in [0.1, 0.15) is 33.3 Å². The summed E-state index contributed by atoms with van der Waals surface area (Å²) < 4.78 is 12.6. The van der Waals surface area contributed by atoms with Gasteiger partial charge < -0.3 is 14.1 Å². The standard InChI is InChI=1S/C21H19BrN2O3/c1-14-2-4-15(5-3-14)21(25)24-11-10-18-19(12-24)27-20(23-18)13-26-17-8-6-16(22)7-9-17/h2-9H,10-13H2,1H3. The zero-order chi connectivity index (χ0) is 18.8. The number of benzene rings is 2. The second kappa shape index (κ2) is 7.56. The van der Waals surface area contributed by atoms with Crippen LogP contribution < -0.4 is 4.74 Å². The maximum absolute atomic E-state index is 12.7. The first-order valence-corrected chi connectivity index (χ1v) is 9.59. The molecule has 1 aromatic heterocycles. The first kappa shape index (κ1) is 17.8. The number of fused-ring (bicyclic) bond motifs is 1. The molecule has 1 amide bonds. The molecule has 0 N–H and O–H groups in total. The van der Waals surface area contributed by atoms with E-state index in [0.717, 1.165) is 27.2 Å². The normalized spacial score (nSPS) is 13.3. The lowest BCUT2D eigenvalue weighted by atomic mass is 10.1. The Morgan fingerprint density at radius 1 is 1.19 bits per heavy atom. The zero-order valence-corrected chi connectivity index (χ0v) is 16.5. The number of aryl methyl sites for hydroxylation is 1. The van der Waals surface area contributed by atoms with Gasteiger partial charge in [-0.3, -0.25) is 4.79 Å². The molecule has 5 nitrogen and oxygen atoms in total. The quantitative estimate of drug-likeness (QED) is 0.614. The van der Waals surface area contributed by atoms with Crippen LogP contribution in [0.3, 0.4) is 0 Å². The number of oxazole rings is 1. The van der Waals surface area contributed by atoms with Gasteiger partial charge in [0, 0.05) is 23.0 Å². The Bertz CT molecular complexity index is 949. The largest absolute Gasteiger partial charge is 0.484 e. The van der Waals surface area contributed by atoms with E-state index in [9.17, 15) is 4.79 Å². The van der Waals surface area contributed by atoms with Crippen molar-refractivity contribution in [1.29, 1.82) is 0 Å². The first-order chi connectivity index (χ1) is 13.1. The van der Waals surface area contributed by atoms with Crippen molar-refractivity contribution in [1.82, 2.24) is 9.88 Å². The fourth-order valence-corrected chi connectivity index (χ4v) is 3.30. The molecule has 1 aliphatic heterocycles. The van der Waals surface area contributed by atoms with Gasteiger partial charge >= 0.3 is 0 Å². The van der Waals surface area contributed by atoms with Gasteiger partial charge in [-0.25, -0.2) is 4.98 Å². The lowest BCUT2D eigenvalue weighted by molar-refractivity contribution is 0.0718. The summed E-state index contributed by atoms with van der Waals surface area (Å²) in [6, 6.07) is 15.2. The highest BCUT2D eigenvalue weighted by Crippen LogP contribution is 2.23. The number of ether oxygens (including phenoxy) is 1. The van der Waals surface area contributed by atoms with E-state index in [1.807, 2.05) is 55.5 Å². The molecule has 0 fully saturated rings. The summed E-state index contributed by atoms with van der Waals surface area (Å²) in [4.78, 5) is 19.0. The molecule has 2 aromatic carbocycles.